The Hall–Kier alpha value is -2.12. The first-order valence-electron chi connectivity index (χ1n) is 7.18. The summed E-state index contributed by atoms with van der Waals surface area (Å²) < 4.78 is 1.96. The second-order valence-electron chi connectivity index (χ2n) is 5.11. The van der Waals surface area contributed by atoms with Crippen LogP contribution in [0.25, 0.3) is 10.8 Å². The summed E-state index contributed by atoms with van der Waals surface area (Å²) in [7, 11) is 0. The molecule has 0 aliphatic rings. The molecule has 0 saturated heterocycles. The molecular formula is C15H18N6S. The zero-order chi connectivity index (χ0) is 15.4. The summed E-state index contributed by atoms with van der Waals surface area (Å²) in [6, 6.07) is 4.32. The van der Waals surface area contributed by atoms with E-state index in [2.05, 4.69) is 39.2 Å². The first-order valence-corrected chi connectivity index (χ1v) is 8.06. The molecule has 0 aliphatic heterocycles. The van der Waals surface area contributed by atoms with Crippen LogP contribution >= 0.6 is 11.3 Å². The Labute approximate surface area is 133 Å². The average molecular weight is 314 g/mol. The molecule has 3 aromatic rings. The highest BCUT2D eigenvalue weighted by atomic mass is 32.1. The molecule has 0 aromatic carbocycles. The zero-order valence-corrected chi connectivity index (χ0v) is 13.4. The Morgan fingerprint density at radius 3 is 2.73 bits per heavy atom. The maximum absolute atomic E-state index is 4.58. The van der Waals surface area contributed by atoms with E-state index >= 15 is 0 Å². The topological polar surface area (TPSA) is 68.5 Å². The van der Waals surface area contributed by atoms with E-state index in [4.69, 9.17) is 0 Å². The van der Waals surface area contributed by atoms with Crippen molar-refractivity contribution in [1.29, 1.82) is 0 Å². The summed E-state index contributed by atoms with van der Waals surface area (Å²) in [4.78, 5) is 13.0. The van der Waals surface area contributed by atoms with E-state index in [9.17, 15) is 0 Å². The van der Waals surface area contributed by atoms with Gasteiger partial charge in [-0.05, 0) is 26.0 Å². The number of rotatable bonds is 6. The second kappa shape index (κ2) is 6.76. The Morgan fingerprint density at radius 2 is 2.00 bits per heavy atom. The van der Waals surface area contributed by atoms with Gasteiger partial charge in [0, 0.05) is 42.8 Å². The summed E-state index contributed by atoms with van der Waals surface area (Å²) in [5.41, 5.74) is 1.01. The van der Waals surface area contributed by atoms with Crippen LogP contribution in [0.15, 0.2) is 42.3 Å². The Kier molecular flexibility index (Phi) is 4.55. The van der Waals surface area contributed by atoms with E-state index in [1.807, 2.05) is 22.3 Å². The number of nitrogens with one attached hydrogen (secondary N) is 1. The third-order valence-electron chi connectivity index (χ3n) is 3.58. The number of thiazole rings is 1. The van der Waals surface area contributed by atoms with Crippen molar-refractivity contribution in [3.05, 3.63) is 48.0 Å². The third-order valence-corrected chi connectivity index (χ3v) is 4.47. The lowest BCUT2D eigenvalue weighted by Gasteiger charge is -2.21. The van der Waals surface area contributed by atoms with Crippen LogP contribution in [0.1, 0.15) is 25.6 Å². The quantitative estimate of drug-likeness (QED) is 0.757. The number of nitrogens with zero attached hydrogens (tertiary/aromatic N) is 5. The molecule has 114 valence electrons. The monoisotopic (exact) mass is 314 g/mol. The number of aromatic nitrogens is 5. The first-order chi connectivity index (χ1) is 10.7. The van der Waals surface area contributed by atoms with Gasteiger partial charge in [-0.3, -0.25) is 4.68 Å². The number of hydrogen-bond acceptors (Lipinski definition) is 6. The lowest BCUT2D eigenvalue weighted by Crippen LogP contribution is -2.33. The van der Waals surface area contributed by atoms with Crippen molar-refractivity contribution in [2.24, 2.45) is 0 Å². The summed E-state index contributed by atoms with van der Waals surface area (Å²) >= 11 is 1.57. The molecule has 3 rings (SSSR count). The van der Waals surface area contributed by atoms with Gasteiger partial charge in [0.25, 0.3) is 0 Å². The van der Waals surface area contributed by atoms with Crippen molar-refractivity contribution in [2.75, 3.05) is 0 Å². The number of hydrogen-bond donors (Lipinski definition) is 1. The van der Waals surface area contributed by atoms with Crippen LogP contribution in [0.4, 0.5) is 0 Å². The molecular weight excluding hydrogens is 296 g/mol. The predicted octanol–water partition coefficient (Wildman–Crippen LogP) is 2.54. The largest absolute Gasteiger partial charge is 0.306 e. The van der Waals surface area contributed by atoms with Gasteiger partial charge in [0.2, 0.25) is 0 Å². The summed E-state index contributed by atoms with van der Waals surface area (Å²) in [5, 5.41) is 10.7. The van der Waals surface area contributed by atoms with Gasteiger partial charge < -0.3 is 5.32 Å². The molecule has 0 spiro atoms. The molecule has 0 bridgehead atoms. The summed E-state index contributed by atoms with van der Waals surface area (Å²) in [5.74, 6) is 0.678. The van der Waals surface area contributed by atoms with E-state index in [1.54, 1.807) is 36.0 Å². The van der Waals surface area contributed by atoms with Gasteiger partial charge in [0.05, 0.1) is 11.7 Å². The Bertz CT molecular complexity index is 694. The maximum Gasteiger partial charge on any atom is 0.188 e. The SMILES string of the molecule is C[C@H]([C@@H](C)NCc1csc(-c2ncccn2)n1)n1cccn1. The highest BCUT2D eigenvalue weighted by Crippen LogP contribution is 2.19. The molecule has 0 radical (unpaired) electrons. The fraction of sp³-hybridized carbons (Fsp3) is 0.333. The van der Waals surface area contributed by atoms with Gasteiger partial charge in [-0.15, -0.1) is 11.3 Å². The van der Waals surface area contributed by atoms with Gasteiger partial charge in [-0.25, -0.2) is 15.0 Å². The smallest absolute Gasteiger partial charge is 0.188 e. The standard InChI is InChI=1S/C15H18N6S/c1-11(12(2)21-8-4-7-19-21)18-9-13-10-22-15(20-13)14-16-5-3-6-17-14/h3-8,10-12,18H,9H2,1-2H3/t11-,12-/m1/s1. The van der Waals surface area contributed by atoms with Crippen molar-refractivity contribution in [3.63, 3.8) is 0 Å². The van der Waals surface area contributed by atoms with Crippen molar-refractivity contribution >= 4 is 11.3 Å². The van der Waals surface area contributed by atoms with Crippen LogP contribution in [0, 0.1) is 0 Å². The second-order valence-corrected chi connectivity index (χ2v) is 5.97. The molecule has 6 nitrogen and oxygen atoms in total. The van der Waals surface area contributed by atoms with Crippen LogP contribution in [-0.2, 0) is 6.54 Å². The van der Waals surface area contributed by atoms with Gasteiger partial charge in [0.1, 0.15) is 0 Å². The van der Waals surface area contributed by atoms with E-state index in [1.165, 1.54) is 0 Å². The average Bonchev–Trinajstić information content (AvgIpc) is 3.24. The first kappa shape index (κ1) is 14.8. The van der Waals surface area contributed by atoms with Gasteiger partial charge in [-0.1, -0.05) is 0 Å². The van der Waals surface area contributed by atoms with Gasteiger partial charge in [-0.2, -0.15) is 5.10 Å². The van der Waals surface area contributed by atoms with Crippen LogP contribution in [0.2, 0.25) is 0 Å². The molecule has 3 heterocycles. The molecule has 3 aromatic heterocycles. The highest BCUT2D eigenvalue weighted by molar-refractivity contribution is 7.13. The van der Waals surface area contributed by atoms with E-state index in [-0.39, 0.29) is 12.1 Å². The predicted molar refractivity (Wildman–Crippen MR) is 86.4 cm³/mol. The summed E-state index contributed by atoms with van der Waals surface area (Å²) in [6.07, 6.45) is 7.25. The fourth-order valence-electron chi connectivity index (χ4n) is 2.09. The van der Waals surface area contributed by atoms with Gasteiger partial charge >= 0.3 is 0 Å². The van der Waals surface area contributed by atoms with Crippen molar-refractivity contribution in [2.45, 2.75) is 32.5 Å². The van der Waals surface area contributed by atoms with Crippen LogP contribution in [0.3, 0.4) is 0 Å². The Balaban J connectivity index is 1.59. The molecule has 0 amide bonds. The third kappa shape index (κ3) is 3.37. The minimum absolute atomic E-state index is 0.283. The minimum atomic E-state index is 0.283. The van der Waals surface area contributed by atoms with Crippen molar-refractivity contribution < 1.29 is 0 Å². The molecule has 0 saturated carbocycles. The molecule has 1 N–H and O–H groups in total. The van der Waals surface area contributed by atoms with Crippen molar-refractivity contribution in [3.8, 4) is 10.8 Å². The molecule has 0 fully saturated rings. The Morgan fingerprint density at radius 1 is 1.18 bits per heavy atom. The minimum Gasteiger partial charge on any atom is -0.306 e. The molecule has 22 heavy (non-hydrogen) atoms. The van der Waals surface area contributed by atoms with Gasteiger partial charge in [0.15, 0.2) is 10.8 Å². The van der Waals surface area contributed by atoms with E-state index in [0.717, 1.165) is 17.2 Å². The van der Waals surface area contributed by atoms with E-state index < -0.39 is 0 Å². The molecule has 0 aliphatic carbocycles. The zero-order valence-electron chi connectivity index (χ0n) is 12.5. The maximum atomic E-state index is 4.58. The molecule has 2 atom stereocenters. The summed E-state index contributed by atoms with van der Waals surface area (Å²) in [6.45, 7) is 5.02. The lowest BCUT2D eigenvalue weighted by atomic mass is 10.2. The van der Waals surface area contributed by atoms with E-state index in [0.29, 0.717) is 5.82 Å². The van der Waals surface area contributed by atoms with Crippen LogP contribution < -0.4 is 5.32 Å². The van der Waals surface area contributed by atoms with Crippen LogP contribution in [0.5, 0.6) is 0 Å². The normalized spacial score (nSPS) is 13.9. The molecule has 0 unspecified atom stereocenters. The fourth-order valence-corrected chi connectivity index (χ4v) is 2.85. The van der Waals surface area contributed by atoms with Crippen molar-refractivity contribution in [1.82, 2.24) is 30.0 Å². The lowest BCUT2D eigenvalue weighted by molar-refractivity contribution is 0.364. The highest BCUT2D eigenvalue weighted by Gasteiger charge is 2.14. The van der Waals surface area contributed by atoms with Crippen LogP contribution in [-0.4, -0.2) is 30.8 Å². The molecule has 7 heteroatoms.